The highest BCUT2D eigenvalue weighted by molar-refractivity contribution is 14.1. The molecular formula is C11H13IN2. The topological polar surface area (TPSA) is 35.8 Å². The van der Waals surface area contributed by atoms with Crippen LogP contribution in [0.2, 0.25) is 0 Å². The van der Waals surface area contributed by atoms with Crippen LogP contribution in [0.25, 0.3) is 0 Å². The fourth-order valence-corrected chi connectivity index (χ4v) is 1.62. The summed E-state index contributed by atoms with van der Waals surface area (Å²) in [5.74, 6) is 0. The highest BCUT2D eigenvalue weighted by Gasteiger charge is 1.96. The molecule has 2 nitrogen and oxygen atoms in total. The first-order chi connectivity index (χ1) is 6.74. The zero-order valence-corrected chi connectivity index (χ0v) is 10.3. The Labute approximate surface area is 98.5 Å². The second-order valence-corrected chi connectivity index (χ2v) is 4.31. The van der Waals surface area contributed by atoms with Gasteiger partial charge in [0.1, 0.15) is 0 Å². The predicted molar refractivity (Wildman–Crippen MR) is 67.2 cm³/mol. The molecule has 0 spiro atoms. The Morgan fingerprint density at radius 2 is 2.29 bits per heavy atom. The Hall–Kier alpha value is -0.760. The molecule has 0 radical (unpaired) electrons. The average molecular weight is 300 g/mol. The summed E-state index contributed by atoms with van der Waals surface area (Å²) in [5.41, 5.74) is 2.44. The molecule has 0 saturated heterocycles. The lowest BCUT2D eigenvalue weighted by Crippen LogP contribution is -2.01. The molecule has 0 aliphatic heterocycles. The van der Waals surface area contributed by atoms with Crippen molar-refractivity contribution in [3.8, 4) is 6.07 Å². The molecule has 1 N–H and O–H groups in total. The van der Waals surface area contributed by atoms with Crippen LogP contribution >= 0.6 is 22.6 Å². The van der Waals surface area contributed by atoms with Crippen molar-refractivity contribution in [1.82, 2.24) is 0 Å². The van der Waals surface area contributed by atoms with Crippen molar-refractivity contribution < 1.29 is 0 Å². The van der Waals surface area contributed by atoms with Crippen LogP contribution in [-0.2, 0) is 0 Å². The number of anilines is 1. The minimum absolute atomic E-state index is 0.621. The van der Waals surface area contributed by atoms with E-state index < -0.39 is 0 Å². The normalized spacial score (nSPS) is 9.50. The summed E-state index contributed by atoms with van der Waals surface area (Å²) >= 11 is 2.33. The van der Waals surface area contributed by atoms with Crippen LogP contribution < -0.4 is 5.32 Å². The molecule has 74 valence electrons. The highest BCUT2D eigenvalue weighted by Crippen LogP contribution is 2.16. The smallest absolute Gasteiger partial charge is 0.0622 e. The molecule has 0 saturated carbocycles. The van der Waals surface area contributed by atoms with Crippen LogP contribution in [0.15, 0.2) is 18.2 Å². The minimum Gasteiger partial charge on any atom is -0.385 e. The average Bonchev–Trinajstić information content (AvgIpc) is 2.18. The van der Waals surface area contributed by atoms with Gasteiger partial charge in [-0.15, -0.1) is 0 Å². The molecule has 0 heterocycles. The van der Waals surface area contributed by atoms with Gasteiger partial charge < -0.3 is 5.32 Å². The third-order valence-electron chi connectivity index (χ3n) is 1.97. The van der Waals surface area contributed by atoms with Crippen molar-refractivity contribution in [2.24, 2.45) is 0 Å². The quantitative estimate of drug-likeness (QED) is 0.684. The molecule has 0 aliphatic carbocycles. The summed E-state index contributed by atoms with van der Waals surface area (Å²) in [4.78, 5) is 0. The van der Waals surface area contributed by atoms with Crippen LogP contribution in [0.4, 0.5) is 5.69 Å². The number of nitriles is 1. The van der Waals surface area contributed by atoms with Crippen LogP contribution in [-0.4, -0.2) is 6.54 Å². The third-order valence-corrected chi connectivity index (χ3v) is 3.13. The van der Waals surface area contributed by atoms with Crippen molar-refractivity contribution in [2.45, 2.75) is 19.8 Å². The van der Waals surface area contributed by atoms with E-state index in [1.54, 1.807) is 0 Å². The third kappa shape index (κ3) is 3.54. The maximum absolute atomic E-state index is 8.36. The van der Waals surface area contributed by atoms with Crippen molar-refractivity contribution >= 4 is 28.3 Å². The SMILES string of the molecule is Cc1ccc(NCCCC#N)cc1I. The first kappa shape index (κ1) is 11.3. The number of benzene rings is 1. The Balaban J connectivity index is 2.44. The van der Waals surface area contributed by atoms with Gasteiger partial charge in [0.2, 0.25) is 0 Å². The van der Waals surface area contributed by atoms with E-state index in [0.717, 1.165) is 18.7 Å². The van der Waals surface area contributed by atoms with Crippen LogP contribution in [0.5, 0.6) is 0 Å². The van der Waals surface area contributed by atoms with Gasteiger partial charge in [0.05, 0.1) is 6.07 Å². The summed E-state index contributed by atoms with van der Waals surface area (Å²) in [6.45, 7) is 2.97. The number of nitrogens with one attached hydrogen (secondary N) is 1. The molecule has 0 atom stereocenters. The van der Waals surface area contributed by atoms with E-state index in [4.69, 9.17) is 5.26 Å². The molecule has 14 heavy (non-hydrogen) atoms. The summed E-state index contributed by atoms with van der Waals surface area (Å²) in [6.07, 6.45) is 1.52. The molecule has 1 rings (SSSR count). The molecule has 0 unspecified atom stereocenters. The Morgan fingerprint density at radius 1 is 1.50 bits per heavy atom. The zero-order chi connectivity index (χ0) is 10.4. The van der Waals surface area contributed by atoms with E-state index in [-0.39, 0.29) is 0 Å². The van der Waals surface area contributed by atoms with Gasteiger partial charge in [0, 0.05) is 22.2 Å². The second-order valence-electron chi connectivity index (χ2n) is 3.15. The Morgan fingerprint density at radius 3 is 2.93 bits per heavy atom. The van der Waals surface area contributed by atoms with Crippen LogP contribution in [0.3, 0.4) is 0 Å². The molecule has 3 heteroatoms. The fourth-order valence-electron chi connectivity index (χ4n) is 1.10. The summed E-state index contributed by atoms with van der Waals surface area (Å²) in [5, 5.41) is 11.7. The highest BCUT2D eigenvalue weighted by atomic mass is 127. The number of halogens is 1. The maximum Gasteiger partial charge on any atom is 0.0622 e. The van der Waals surface area contributed by atoms with Gasteiger partial charge in [-0.2, -0.15) is 5.26 Å². The zero-order valence-electron chi connectivity index (χ0n) is 8.18. The summed E-state index contributed by atoms with van der Waals surface area (Å²) in [6, 6.07) is 8.44. The molecule has 0 bridgehead atoms. The number of nitrogens with zero attached hydrogens (tertiary/aromatic N) is 1. The Kier molecular flexibility index (Phi) is 4.74. The van der Waals surface area contributed by atoms with Crippen LogP contribution in [0, 0.1) is 21.8 Å². The summed E-state index contributed by atoms with van der Waals surface area (Å²) in [7, 11) is 0. The fraction of sp³-hybridized carbons (Fsp3) is 0.364. The van der Waals surface area contributed by atoms with Crippen molar-refractivity contribution in [3.63, 3.8) is 0 Å². The van der Waals surface area contributed by atoms with Gasteiger partial charge in [-0.25, -0.2) is 0 Å². The largest absolute Gasteiger partial charge is 0.385 e. The predicted octanol–water partition coefficient (Wildman–Crippen LogP) is 3.32. The van der Waals surface area contributed by atoms with Crippen LogP contribution in [0.1, 0.15) is 18.4 Å². The van der Waals surface area contributed by atoms with E-state index in [2.05, 4.69) is 59.1 Å². The lowest BCUT2D eigenvalue weighted by atomic mass is 10.2. The first-order valence-electron chi connectivity index (χ1n) is 4.61. The standard InChI is InChI=1S/C11H13IN2/c1-9-4-5-10(8-11(9)12)14-7-3-2-6-13/h4-5,8,14H,2-3,7H2,1H3. The number of rotatable bonds is 4. The van der Waals surface area contributed by atoms with Gasteiger partial charge in [-0.1, -0.05) is 6.07 Å². The van der Waals surface area contributed by atoms with Crippen molar-refractivity contribution in [3.05, 3.63) is 27.3 Å². The van der Waals surface area contributed by atoms with Gasteiger partial charge >= 0.3 is 0 Å². The molecular weight excluding hydrogens is 287 g/mol. The molecule has 1 aromatic rings. The van der Waals surface area contributed by atoms with Crippen molar-refractivity contribution in [1.29, 1.82) is 5.26 Å². The monoisotopic (exact) mass is 300 g/mol. The molecule has 0 amide bonds. The van der Waals surface area contributed by atoms with E-state index in [1.807, 2.05) is 0 Å². The van der Waals surface area contributed by atoms with Gasteiger partial charge in [0.15, 0.2) is 0 Å². The number of hydrogen-bond donors (Lipinski definition) is 1. The Bertz CT molecular complexity index is 342. The molecule has 0 aliphatic rings. The maximum atomic E-state index is 8.36. The lowest BCUT2D eigenvalue weighted by Gasteiger charge is -2.06. The molecule has 1 aromatic carbocycles. The van der Waals surface area contributed by atoms with Gasteiger partial charge in [-0.05, 0) is 53.6 Å². The number of hydrogen-bond acceptors (Lipinski definition) is 2. The molecule has 0 fully saturated rings. The minimum atomic E-state index is 0.621. The van der Waals surface area contributed by atoms with Crippen molar-refractivity contribution in [2.75, 3.05) is 11.9 Å². The lowest BCUT2D eigenvalue weighted by molar-refractivity contribution is 0.897. The molecule has 0 aromatic heterocycles. The summed E-state index contributed by atoms with van der Waals surface area (Å²) < 4.78 is 1.27. The van der Waals surface area contributed by atoms with Gasteiger partial charge in [0.25, 0.3) is 0 Å². The van der Waals surface area contributed by atoms with E-state index >= 15 is 0 Å². The van der Waals surface area contributed by atoms with E-state index in [9.17, 15) is 0 Å². The van der Waals surface area contributed by atoms with E-state index in [1.165, 1.54) is 9.13 Å². The van der Waals surface area contributed by atoms with E-state index in [0.29, 0.717) is 6.42 Å². The first-order valence-corrected chi connectivity index (χ1v) is 5.69. The second kappa shape index (κ2) is 5.86. The number of unbranched alkanes of at least 4 members (excludes halogenated alkanes) is 1. The van der Waals surface area contributed by atoms with Gasteiger partial charge in [-0.3, -0.25) is 0 Å². The number of aryl methyl sites for hydroxylation is 1.